The van der Waals surface area contributed by atoms with Gasteiger partial charge in [-0.3, -0.25) is 0 Å². The molecule has 0 N–H and O–H groups in total. The van der Waals surface area contributed by atoms with Crippen LogP contribution in [0.15, 0.2) is 72.9 Å². The zero-order valence-electron chi connectivity index (χ0n) is 15.2. The third-order valence-corrected chi connectivity index (χ3v) is 9.17. The molecule has 0 spiro atoms. The van der Waals surface area contributed by atoms with Crippen LogP contribution in [0.5, 0.6) is 0 Å². The van der Waals surface area contributed by atoms with E-state index in [9.17, 15) is 0 Å². The topological polar surface area (TPSA) is 0 Å². The lowest BCUT2D eigenvalue weighted by molar-refractivity contribution is 0.313. The van der Waals surface area contributed by atoms with Crippen molar-refractivity contribution in [3.63, 3.8) is 0 Å². The second-order valence-corrected chi connectivity index (χ2v) is 10.9. The van der Waals surface area contributed by atoms with Crippen LogP contribution >= 0.6 is 0 Å². The van der Waals surface area contributed by atoms with Gasteiger partial charge in [0.15, 0.2) is 0 Å². The van der Waals surface area contributed by atoms with Crippen molar-refractivity contribution in [1.29, 1.82) is 0 Å². The highest BCUT2D eigenvalue weighted by atomic mass is 28.2. The summed E-state index contributed by atoms with van der Waals surface area (Å²) >= 11 is 0. The zero-order chi connectivity index (χ0) is 17.0. The highest BCUT2D eigenvalue weighted by Crippen LogP contribution is 2.49. The summed E-state index contributed by atoms with van der Waals surface area (Å²) in [4.78, 5) is 0. The molecule has 0 aliphatic heterocycles. The van der Waals surface area contributed by atoms with E-state index in [0.29, 0.717) is 10.6 Å². The Kier molecular flexibility index (Phi) is 5.21. The average Bonchev–Trinajstić information content (AvgIpc) is 3.12. The Hall–Kier alpha value is -1.60. The van der Waals surface area contributed by atoms with E-state index in [0.717, 1.165) is 5.92 Å². The molecule has 0 saturated heterocycles. The Morgan fingerprint density at radius 1 is 0.960 bits per heavy atom. The van der Waals surface area contributed by atoms with Gasteiger partial charge in [0.05, 0.1) is 0 Å². The van der Waals surface area contributed by atoms with E-state index in [2.05, 4.69) is 72.9 Å². The van der Waals surface area contributed by atoms with Gasteiger partial charge in [0, 0.05) is 9.52 Å². The summed E-state index contributed by atoms with van der Waals surface area (Å²) in [5.41, 5.74) is 3.69. The Balaban J connectivity index is 1.52. The Bertz CT molecular complexity index is 688. The smallest absolute Gasteiger partial charge is 0.0455 e. The minimum absolute atomic E-state index is 0.294. The third kappa shape index (κ3) is 3.98. The first kappa shape index (κ1) is 16.8. The van der Waals surface area contributed by atoms with E-state index in [4.69, 9.17) is 0 Å². The second-order valence-electron chi connectivity index (χ2n) is 8.25. The van der Waals surface area contributed by atoms with E-state index in [1.54, 1.807) is 5.57 Å². The molecule has 2 unspecified atom stereocenters. The summed E-state index contributed by atoms with van der Waals surface area (Å²) in [6.45, 7) is 0. The van der Waals surface area contributed by atoms with E-state index in [1.165, 1.54) is 50.5 Å². The van der Waals surface area contributed by atoms with E-state index < -0.39 is 0 Å². The lowest BCUT2D eigenvalue weighted by atomic mass is 9.80. The maximum absolute atomic E-state index is 2.60. The van der Waals surface area contributed by atoms with Crippen molar-refractivity contribution in [1.82, 2.24) is 0 Å². The average molecular weight is 347 g/mol. The van der Waals surface area contributed by atoms with E-state index in [-0.39, 0.29) is 9.52 Å². The Labute approximate surface area is 155 Å². The van der Waals surface area contributed by atoms with Crippen molar-refractivity contribution >= 4 is 15.1 Å². The molecule has 1 aromatic carbocycles. The van der Waals surface area contributed by atoms with Crippen molar-refractivity contribution in [3.8, 4) is 0 Å². The lowest BCUT2D eigenvalue weighted by Gasteiger charge is -2.38. The van der Waals surface area contributed by atoms with Gasteiger partial charge in [0.1, 0.15) is 0 Å². The molecule has 0 bridgehead atoms. The summed E-state index contributed by atoms with van der Waals surface area (Å²) in [6.07, 6.45) is 26.8. The summed E-state index contributed by atoms with van der Waals surface area (Å²) in [5.74, 6) is 0.965. The molecular weight excluding hydrogens is 316 g/mol. The molecule has 1 heteroatoms. The minimum atomic E-state index is -0.294. The molecule has 2 atom stereocenters. The van der Waals surface area contributed by atoms with Gasteiger partial charge < -0.3 is 0 Å². The molecule has 0 amide bonds. The zero-order valence-corrected chi connectivity index (χ0v) is 16.7. The summed E-state index contributed by atoms with van der Waals surface area (Å²) in [7, 11) is -0.294. The van der Waals surface area contributed by atoms with Crippen LogP contribution < -0.4 is 0 Å². The molecule has 1 fully saturated rings. The quantitative estimate of drug-likeness (QED) is 0.553. The minimum Gasteiger partial charge on any atom is -0.0840 e. The molecule has 0 aromatic heterocycles. The van der Waals surface area contributed by atoms with Gasteiger partial charge in [0.25, 0.3) is 0 Å². The summed E-state index contributed by atoms with van der Waals surface area (Å²) in [6, 6.07) is 11.0. The maximum atomic E-state index is 2.60. The Morgan fingerprint density at radius 3 is 2.56 bits per heavy atom. The molecular formula is C24H30Si. The molecule has 1 aromatic rings. The number of benzene rings is 1. The first-order chi connectivity index (χ1) is 12.3. The van der Waals surface area contributed by atoms with Crippen LogP contribution in [-0.4, -0.2) is 9.52 Å². The highest BCUT2D eigenvalue weighted by Gasteiger charge is 2.35. The van der Waals surface area contributed by atoms with Crippen LogP contribution in [0.2, 0.25) is 10.6 Å². The van der Waals surface area contributed by atoms with Crippen molar-refractivity contribution < 1.29 is 0 Å². The monoisotopic (exact) mass is 346 g/mol. The second kappa shape index (κ2) is 7.74. The van der Waals surface area contributed by atoms with Crippen LogP contribution in [-0.2, 0) is 0 Å². The van der Waals surface area contributed by atoms with Gasteiger partial charge in [0.2, 0.25) is 0 Å². The fourth-order valence-electron chi connectivity index (χ4n) is 5.14. The Morgan fingerprint density at radius 2 is 1.80 bits per heavy atom. The van der Waals surface area contributed by atoms with Gasteiger partial charge in [-0.1, -0.05) is 105 Å². The van der Waals surface area contributed by atoms with Gasteiger partial charge in [-0.05, 0) is 40.5 Å². The number of allylic oxidation sites excluding steroid dienone is 8. The number of hydrogen-bond acceptors (Lipinski definition) is 0. The molecule has 4 rings (SSSR count). The highest BCUT2D eigenvalue weighted by molar-refractivity contribution is 6.47. The largest absolute Gasteiger partial charge is 0.0840 e. The lowest BCUT2D eigenvalue weighted by Crippen LogP contribution is -2.26. The van der Waals surface area contributed by atoms with Crippen molar-refractivity contribution in [2.24, 2.45) is 5.92 Å². The summed E-state index contributed by atoms with van der Waals surface area (Å²) in [5, 5.41) is 0.490. The third-order valence-electron chi connectivity index (χ3n) is 6.39. The molecule has 0 nitrogen and oxygen atoms in total. The molecule has 0 heterocycles. The van der Waals surface area contributed by atoms with E-state index in [1.807, 2.05) is 0 Å². The van der Waals surface area contributed by atoms with Gasteiger partial charge in [-0.15, -0.1) is 0 Å². The van der Waals surface area contributed by atoms with Crippen molar-refractivity contribution in [2.75, 3.05) is 0 Å². The van der Waals surface area contributed by atoms with Crippen molar-refractivity contribution in [3.05, 3.63) is 78.4 Å². The van der Waals surface area contributed by atoms with Gasteiger partial charge in [-0.25, -0.2) is 0 Å². The van der Waals surface area contributed by atoms with Gasteiger partial charge >= 0.3 is 0 Å². The predicted octanol–water partition coefficient (Wildman–Crippen LogP) is 6.24. The SMILES string of the molecule is C1=CCC(CC2CCCCC2)([SiH2]C2C=CC=C2c2ccccc2)C=C1. The fourth-order valence-corrected chi connectivity index (χ4v) is 8.08. The van der Waals surface area contributed by atoms with Crippen LogP contribution in [0.1, 0.15) is 50.5 Å². The van der Waals surface area contributed by atoms with Crippen LogP contribution in [0.3, 0.4) is 0 Å². The molecule has 3 aliphatic rings. The molecule has 1 saturated carbocycles. The number of hydrogen-bond donors (Lipinski definition) is 0. The van der Waals surface area contributed by atoms with Gasteiger partial charge in [-0.2, -0.15) is 0 Å². The van der Waals surface area contributed by atoms with Crippen LogP contribution in [0.4, 0.5) is 0 Å². The van der Waals surface area contributed by atoms with Crippen LogP contribution in [0.25, 0.3) is 5.57 Å². The standard InChI is InChI=1S/C24H30Si/c1-4-11-20(12-5-1)19-24(17-8-3-9-18-24)25-23-16-10-15-22(23)21-13-6-2-7-14-21/h2-3,6-10,13-17,20,23H,1,4-5,11-12,18-19,25H2. The molecule has 130 valence electrons. The first-order valence-corrected chi connectivity index (χ1v) is 11.7. The molecule has 25 heavy (non-hydrogen) atoms. The maximum Gasteiger partial charge on any atom is 0.0455 e. The van der Waals surface area contributed by atoms with E-state index >= 15 is 0 Å². The molecule has 0 radical (unpaired) electrons. The fraction of sp³-hybridized carbons (Fsp3) is 0.417. The summed E-state index contributed by atoms with van der Waals surface area (Å²) < 4.78 is 0. The first-order valence-electron chi connectivity index (χ1n) is 10.1. The predicted molar refractivity (Wildman–Crippen MR) is 113 cm³/mol. The van der Waals surface area contributed by atoms with Crippen molar-refractivity contribution in [2.45, 2.75) is 55.5 Å². The van der Waals surface area contributed by atoms with Crippen LogP contribution in [0, 0.1) is 5.92 Å². The number of rotatable bonds is 5. The normalized spacial score (nSPS) is 29.6. The molecule has 3 aliphatic carbocycles.